The van der Waals surface area contributed by atoms with E-state index >= 15 is 8.78 Å². The standard InChI is InChI=1S/C31H37ClF2N4O7/c1-31(2,3)45-30(40)38-8-6-16(7-9-38)13-41-17-10-20(33)18(21(34)11-17)4-5-22-19(32)12-23-28(35-22)37-29(36-23)44-25-15-43-26-24(39)14-42-27(25)26/h10-12,16,24-27,39H,4-9,13-15H2,1-3H3,(H,35,36,37)/t24-,25-,26-,27-/m1/s1. The van der Waals surface area contributed by atoms with Gasteiger partial charge >= 0.3 is 6.09 Å². The van der Waals surface area contributed by atoms with Gasteiger partial charge in [-0.1, -0.05) is 11.6 Å². The monoisotopic (exact) mass is 650 g/mol. The molecule has 3 aliphatic heterocycles. The average Bonchev–Trinajstić information content (AvgIpc) is 3.67. The molecule has 1 aromatic carbocycles. The maximum absolute atomic E-state index is 15.0. The van der Waals surface area contributed by atoms with Crippen molar-refractivity contribution in [3.63, 3.8) is 0 Å². The molecule has 3 fully saturated rings. The number of benzene rings is 1. The van der Waals surface area contributed by atoms with Gasteiger partial charge in [0.2, 0.25) is 0 Å². The number of hydrogen-bond acceptors (Lipinski definition) is 9. The lowest BCUT2D eigenvalue weighted by Gasteiger charge is -2.33. The molecule has 2 aromatic heterocycles. The Morgan fingerprint density at radius 1 is 1.09 bits per heavy atom. The number of imidazole rings is 1. The van der Waals surface area contributed by atoms with Crippen molar-refractivity contribution in [1.29, 1.82) is 0 Å². The molecule has 1 amide bonds. The lowest BCUT2D eigenvalue weighted by Crippen LogP contribution is -2.42. The highest BCUT2D eigenvalue weighted by Gasteiger charge is 2.48. The first kappa shape index (κ1) is 31.7. The topological polar surface area (TPSA) is 128 Å². The maximum Gasteiger partial charge on any atom is 0.410 e. The van der Waals surface area contributed by atoms with Crippen LogP contribution in [0.1, 0.15) is 44.9 Å². The summed E-state index contributed by atoms with van der Waals surface area (Å²) in [5.41, 5.74) is 0.669. The number of ether oxygens (including phenoxy) is 5. The number of piperidine rings is 1. The predicted octanol–water partition coefficient (Wildman–Crippen LogP) is 4.61. The van der Waals surface area contributed by atoms with E-state index in [2.05, 4.69) is 15.0 Å². The Morgan fingerprint density at radius 3 is 2.51 bits per heavy atom. The molecule has 0 saturated carbocycles. The van der Waals surface area contributed by atoms with Crippen LogP contribution in [-0.2, 0) is 27.1 Å². The van der Waals surface area contributed by atoms with Crippen LogP contribution in [0.15, 0.2) is 18.2 Å². The quantitative estimate of drug-likeness (QED) is 0.359. The van der Waals surface area contributed by atoms with Crippen molar-refractivity contribution >= 4 is 28.9 Å². The van der Waals surface area contributed by atoms with Crippen molar-refractivity contribution in [1.82, 2.24) is 19.9 Å². The van der Waals surface area contributed by atoms with Gasteiger partial charge in [0.05, 0.1) is 36.1 Å². The fourth-order valence-electron chi connectivity index (χ4n) is 5.82. The summed E-state index contributed by atoms with van der Waals surface area (Å²) in [5, 5.41) is 10.3. The highest BCUT2D eigenvalue weighted by Crippen LogP contribution is 2.31. The summed E-state index contributed by atoms with van der Waals surface area (Å²) in [6, 6.07) is 4.22. The molecular weight excluding hydrogens is 614 g/mol. The molecule has 2 N–H and O–H groups in total. The maximum atomic E-state index is 15.0. The molecule has 0 unspecified atom stereocenters. The number of nitrogens with zero attached hydrogens (tertiary/aromatic N) is 3. The SMILES string of the molecule is CC(C)(C)OC(=O)N1CCC(COc2cc(F)c(CCc3nc4nc(O[C@@H]5CO[C@H]6[C@@H]5OC[C@H]6O)[nH]c4cc3Cl)c(F)c2)CC1. The molecule has 3 saturated heterocycles. The highest BCUT2D eigenvalue weighted by atomic mass is 35.5. The van der Waals surface area contributed by atoms with Crippen LogP contribution in [-0.4, -0.2) is 94.0 Å². The number of aryl methyl sites for hydroxylation is 1. The van der Waals surface area contributed by atoms with Crippen molar-refractivity contribution in [3.8, 4) is 11.8 Å². The number of carbonyl (C=O) groups is 1. The summed E-state index contributed by atoms with van der Waals surface area (Å²) in [6.45, 7) is 7.28. The molecule has 244 valence electrons. The van der Waals surface area contributed by atoms with Gasteiger partial charge in [-0.3, -0.25) is 0 Å². The van der Waals surface area contributed by atoms with Crippen LogP contribution in [0.5, 0.6) is 11.8 Å². The van der Waals surface area contributed by atoms with E-state index in [0.717, 1.165) is 0 Å². The molecule has 4 atom stereocenters. The number of pyridine rings is 1. The summed E-state index contributed by atoms with van der Waals surface area (Å²) in [7, 11) is 0. The normalized spacial score (nSPS) is 23.8. The van der Waals surface area contributed by atoms with Crippen LogP contribution in [0.4, 0.5) is 13.6 Å². The number of halogens is 3. The number of aliphatic hydroxyl groups excluding tert-OH is 1. The van der Waals surface area contributed by atoms with E-state index in [9.17, 15) is 9.90 Å². The molecule has 0 spiro atoms. The summed E-state index contributed by atoms with van der Waals surface area (Å²) in [4.78, 5) is 25.9. The zero-order valence-corrected chi connectivity index (χ0v) is 26.1. The lowest BCUT2D eigenvalue weighted by molar-refractivity contribution is 0.00705. The smallest absolute Gasteiger partial charge is 0.410 e. The number of aromatic nitrogens is 3. The largest absolute Gasteiger partial charge is 0.493 e. The van der Waals surface area contributed by atoms with Gasteiger partial charge in [-0.25, -0.2) is 18.6 Å². The zero-order chi connectivity index (χ0) is 31.9. The molecule has 0 bridgehead atoms. The highest BCUT2D eigenvalue weighted by molar-refractivity contribution is 6.31. The Labute approximate surface area is 264 Å². The molecule has 6 rings (SSSR count). The van der Waals surface area contributed by atoms with Gasteiger partial charge in [-0.05, 0) is 58.4 Å². The van der Waals surface area contributed by atoms with E-state index < -0.39 is 41.7 Å². The Balaban J connectivity index is 1.02. The average molecular weight is 651 g/mol. The van der Waals surface area contributed by atoms with Crippen molar-refractivity contribution < 1.29 is 42.4 Å². The second kappa shape index (κ2) is 12.9. The third-order valence-corrected chi connectivity index (χ3v) is 8.53. The molecule has 0 aliphatic carbocycles. The fourth-order valence-corrected chi connectivity index (χ4v) is 6.07. The van der Waals surface area contributed by atoms with Crippen LogP contribution in [0, 0.1) is 17.6 Å². The van der Waals surface area contributed by atoms with E-state index in [1.807, 2.05) is 20.8 Å². The number of aliphatic hydroxyl groups is 1. The van der Waals surface area contributed by atoms with Gasteiger partial charge in [-0.15, -0.1) is 0 Å². The van der Waals surface area contributed by atoms with Crippen LogP contribution < -0.4 is 9.47 Å². The van der Waals surface area contributed by atoms with E-state index in [0.29, 0.717) is 54.4 Å². The summed E-state index contributed by atoms with van der Waals surface area (Å²) in [5.74, 6) is -1.16. The molecule has 5 heterocycles. The predicted molar refractivity (Wildman–Crippen MR) is 159 cm³/mol. The molecule has 45 heavy (non-hydrogen) atoms. The number of rotatable bonds is 8. The van der Waals surface area contributed by atoms with Crippen molar-refractivity contribution in [2.45, 2.75) is 76.5 Å². The number of likely N-dealkylation sites (tertiary alicyclic amines) is 1. The van der Waals surface area contributed by atoms with Crippen molar-refractivity contribution in [2.75, 3.05) is 32.9 Å². The van der Waals surface area contributed by atoms with Crippen LogP contribution in [0.25, 0.3) is 11.2 Å². The van der Waals surface area contributed by atoms with Crippen LogP contribution >= 0.6 is 11.6 Å². The van der Waals surface area contributed by atoms with E-state index in [4.69, 9.17) is 35.3 Å². The van der Waals surface area contributed by atoms with E-state index in [1.165, 1.54) is 12.1 Å². The number of hydrogen-bond donors (Lipinski definition) is 2. The Bertz CT molecular complexity index is 1520. The Morgan fingerprint density at radius 2 is 1.80 bits per heavy atom. The molecule has 11 nitrogen and oxygen atoms in total. The molecule has 0 radical (unpaired) electrons. The van der Waals surface area contributed by atoms with Gasteiger partial charge in [-0.2, -0.15) is 4.98 Å². The second-order valence-corrected chi connectivity index (χ2v) is 13.1. The lowest BCUT2D eigenvalue weighted by atomic mass is 9.98. The van der Waals surface area contributed by atoms with Gasteiger partial charge in [0.15, 0.2) is 11.8 Å². The number of nitrogens with one attached hydrogen (secondary N) is 1. The number of H-pyrrole nitrogens is 1. The number of fused-ring (bicyclic) bond motifs is 2. The van der Waals surface area contributed by atoms with E-state index in [1.54, 1.807) is 11.0 Å². The molecule has 3 aliphatic rings. The number of carbonyl (C=O) groups excluding carboxylic acids is 1. The van der Waals surface area contributed by atoms with E-state index in [-0.39, 0.29) is 55.4 Å². The van der Waals surface area contributed by atoms with Gasteiger partial charge in [0, 0.05) is 30.8 Å². The third-order valence-electron chi connectivity index (χ3n) is 8.20. The van der Waals surface area contributed by atoms with Gasteiger partial charge < -0.3 is 38.7 Å². The van der Waals surface area contributed by atoms with Crippen molar-refractivity contribution in [3.05, 3.63) is 46.1 Å². The second-order valence-electron chi connectivity index (χ2n) is 12.7. The van der Waals surface area contributed by atoms with Gasteiger partial charge in [0.1, 0.15) is 41.3 Å². The Hall–Kier alpha value is -3.26. The minimum absolute atomic E-state index is 0.0230. The van der Waals surface area contributed by atoms with Crippen LogP contribution in [0.2, 0.25) is 5.02 Å². The minimum Gasteiger partial charge on any atom is -0.493 e. The van der Waals surface area contributed by atoms with Crippen LogP contribution in [0.3, 0.4) is 0 Å². The first-order valence-electron chi connectivity index (χ1n) is 15.1. The summed E-state index contributed by atoms with van der Waals surface area (Å²) >= 11 is 6.46. The third kappa shape index (κ3) is 7.26. The first-order chi connectivity index (χ1) is 21.4. The molecule has 14 heteroatoms. The Kier molecular flexibility index (Phi) is 9.06. The zero-order valence-electron chi connectivity index (χ0n) is 25.4. The van der Waals surface area contributed by atoms with Gasteiger partial charge in [0.25, 0.3) is 6.01 Å². The van der Waals surface area contributed by atoms with Crippen molar-refractivity contribution in [2.24, 2.45) is 5.92 Å². The molecular formula is C31H37ClF2N4O7. The number of aromatic amines is 1. The minimum atomic E-state index is -0.714. The molecule has 3 aromatic rings. The summed E-state index contributed by atoms with van der Waals surface area (Å²) < 4.78 is 58.3. The summed E-state index contributed by atoms with van der Waals surface area (Å²) in [6.07, 6.45) is -0.696. The number of amides is 1. The fraction of sp³-hybridized carbons (Fsp3) is 0.581. The first-order valence-corrected chi connectivity index (χ1v) is 15.5.